The third kappa shape index (κ3) is 5.10. The highest BCUT2D eigenvalue weighted by atomic mass is 32.2. The smallest absolute Gasteiger partial charge is 0.234 e. The highest BCUT2D eigenvalue weighted by Gasteiger charge is 2.14. The van der Waals surface area contributed by atoms with Gasteiger partial charge < -0.3 is 14.6 Å². The van der Waals surface area contributed by atoms with Crippen LogP contribution in [0.3, 0.4) is 0 Å². The van der Waals surface area contributed by atoms with Gasteiger partial charge in [-0.05, 0) is 80.0 Å². The maximum absolute atomic E-state index is 12.4. The molecule has 7 heteroatoms. The van der Waals surface area contributed by atoms with Crippen LogP contribution in [0.1, 0.15) is 40.9 Å². The minimum Gasteiger partial charge on any atom is -0.486 e. The van der Waals surface area contributed by atoms with Gasteiger partial charge in [0.1, 0.15) is 12.4 Å². The van der Waals surface area contributed by atoms with Crippen molar-refractivity contribution in [2.75, 3.05) is 11.1 Å². The number of carbonyl (C=O) groups excluding carboxylic acids is 1. The van der Waals surface area contributed by atoms with E-state index in [0.717, 1.165) is 41.2 Å². The fourth-order valence-corrected chi connectivity index (χ4v) is 4.48. The second-order valence-corrected chi connectivity index (χ2v) is 8.91. The lowest BCUT2D eigenvalue weighted by molar-refractivity contribution is -0.113. The third-order valence-electron chi connectivity index (χ3n) is 5.82. The predicted octanol–water partition coefficient (Wildman–Crippen LogP) is 4.62. The maximum Gasteiger partial charge on any atom is 0.234 e. The van der Waals surface area contributed by atoms with Crippen molar-refractivity contribution in [2.24, 2.45) is 7.05 Å². The van der Waals surface area contributed by atoms with Crippen molar-refractivity contribution in [3.8, 4) is 5.75 Å². The number of hydrogen-bond donors (Lipinski definition) is 1. The molecule has 2 aromatic carbocycles. The van der Waals surface area contributed by atoms with Gasteiger partial charge in [-0.1, -0.05) is 30.0 Å². The molecule has 0 unspecified atom stereocenters. The van der Waals surface area contributed by atoms with Crippen LogP contribution in [0.4, 0.5) is 5.69 Å². The van der Waals surface area contributed by atoms with Crippen LogP contribution in [0.15, 0.2) is 41.6 Å². The molecule has 1 aromatic heterocycles. The zero-order valence-electron chi connectivity index (χ0n) is 18.3. The Morgan fingerprint density at radius 3 is 2.77 bits per heavy atom. The first-order chi connectivity index (χ1) is 15.0. The average molecular weight is 437 g/mol. The maximum atomic E-state index is 12.4. The number of thioether (sulfide) groups is 1. The number of fused-ring (bicyclic) bond motifs is 1. The number of carbonyl (C=O) groups is 1. The molecule has 3 aromatic rings. The highest BCUT2D eigenvalue weighted by molar-refractivity contribution is 7.99. The number of ether oxygens (including phenoxy) is 1. The topological polar surface area (TPSA) is 69.0 Å². The van der Waals surface area contributed by atoms with Crippen molar-refractivity contribution in [3.05, 3.63) is 64.5 Å². The Balaban J connectivity index is 1.32. The van der Waals surface area contributed by atoms with Gasteiger partial charge in [-0.3, -0.25) is 4.79 Å². The molecule has 0 fully saturated rings. The minimum absolute atomic E-state index is 0.0615. The summed E-state index contributed by atoms with van der Waals surface area (Å²) in [5.74, 6) is 1.81. The quantitative estimate of drug-likeness (QED) is 0.547. The first-order valence-corrected chi connectivity index (χ1v) is 11.6. The number of hydrogen-bond acceptors (Lipinski definition) is 5. The van der Waals surface area contributed by atoms with Crippen molar-refractivity contribution in [2.45, 2.75) is 51.3 Å². The van der Waals surface area contributed by atoms with Crippen LogP contribution in [-0.2, 0) is 31.3 Å². The molecule has 1 heterocycles. The van der Waals surface area contributed by atoms with Crippen LogP contribution in [-0.4, -0.2) is 26.4 Å². The first-order valence-electron chi connectivity index (χ1n) is 10.6. The van der Waals surface area contributed by atoms with E-state index in [1.165, 1.54) is 35.7 Å². The van der Waals surface area contributed by atoms with E-state index in [-0.39, 0.29) is 11.7 Å². The second kappa shape index (κ2) is 9.56. The average Bonchev–Trinajstić information content (AvgIpc) is 3.13. The molecule has 4 rings (SSSR count). The molecule has 0 bridgehead atoms. The highest BCUT2D eigenvalue weighted by Crippen LogP contribution is 2.26. The Labute approximate surface area is 187 Å². The number of rotatable bonds is 7. The van der Waals surface area contributed by atoms with Gasteiger partial charge in [-0.25, -0.2) is 0 Å². The molecule has 0 atom stereocenters. The van der Waals surface area contributed by atoms with E-state index < -0.39 is 0 Å². The zero-order chi connectivity index (χ0) is 21.8. The molecule has 0 spiro atoms. The SMILES string of the molecule is Cc1cccc(NC(=O)CSc2nnc(COc3ccc4c(c3)CCCC4)n2C)c1C. The predicted molar refractivity (Wildman–Crippen MR) is 124 cm³/mol. The zero-order valence-corrected chi connectivity index (χ0v) is 19.1. The normalized spacial score (nSPS) is 13.0. The molecule has 6 nitrogen and oxygen atoms in total. The van der Waals surface area contributed by atoms with Crippen LogP contribution in [0.5, 0.6) is 5.75 Å². The van der Waals surface area contributed by atoms with Crippen molar-refractivity contribution in [1.29, 1.82) is 0 Å². The molecule has 1 amide bonds. The van der Waals surface area contributed by atoms with E-state index in [2.05, 4.69) is 27.6 Å². The summed E-state index contributed by atoms with van der Waals surface area (Å²) in [6, 6.07) is 12.3. The van der Waals surface area contributed by atoms with Crippen LogP contribution in [0, 0.1) is 13.8 Å². The largest absolute Gasteiger partial charge is 0.486 e. The minimum atomic E-state index is -0.0615. The Morgan fingerprint density at radius 2 is 1.94 bits per heavy atom. The van der Waals surface area contributed by atoms with Crippen molar-refractivity contribution < 1.29 is 9.53 Å². The molecule has 31 heavy (non-hydrogen) atoms. The number of nitrogens with one attached hydrogen (secondary N) is 1. The van der Waals surface area contributed by atoms with E-state index in [9.17, 15) is 4.79 Å². The van der Waals surface area contributed by atoms with Gasteiger partial charge in [0.2, 0.25) is 5.91 Å². The molecule has 1 N–H and O–H groups in total. The lowest BCUT2D eigenvalue weighted by Crippen LogP contribution is -2.15. The number of amides is 1. The summed E-state index contributed by atoms with van der Waals surface area (Å²) in [4.78, 5) is 12.4. The molecule has 0 saturated carbocycles. The number of aromatic nitrogens is 3. The Kier molecular flexibility index (Phi) is 6.61. The molecule has 1 aliphatic rings. The molecular formula is C24H28N4O2S. The molecule has 0 radical (unpaired) electrons. The monoisotopic (exact) mass is 436 g/mol. The van der Waals surface area contributed by atoms with Gasteiger partial charge in [0, 0.05) is 12.7 Å². The summed E-state index contributed by atoms with van der Waals surface area (Å²) in [6.45, 7) is 4.39. The number of anilines is 1. The molecule has 1 aliphatic carbocycles. The van der Waals surface area contributed by atoms with Gasteiger partial charge in [-0.2, -0.15) is 0 Å². The van der Waals surface area contributed by atoms with Gasteiger partial charge in [0.25, 0.3) is 0 Å². The van der Waals surface area contributed by atoms with Crippen molar-refractivity contribution >= 4 is 23.4 Å². The van der Waals surface area contributed by atoms with Crippen LogP contribution in [0.2, 0.25) is 0 Å². The standard InChI is InChI=1S/C24H28N4O2S/c1-16-7-6-10-21(17(16)2)25-23(29)15-31-24-27-26-22(28(24)3)14-30-20-12-11-18-8-4-5-9-19(18)13-20/h6-7,10-13H,4-5,8-9,14-15H2,1-3H3,(H,25,29). The lowest BCUT2D eigenvalue weighted by atomic mass is 9.92. The van der Waals surface area contributed by atoms with E-state index in [4.69, 9.17) is 4.74 Å². The second-order valence-electron chi connectivity index (χ2n) is 7.97. The number of nitrogens with zero attached hydrogens (tertiary/aromatic N) is 3. The molecule has 162 valence electrons. The van der Waals surface area contributed by atoms with Gasteiger partial charge in [0.15, 0.2) is 11.0 Å². The van der Waals surface area contributed by atoms with Crippen molar-refractivity contribution in [3.63, 3.8) is 0 Å². The fraction of sp³-hybridized carbons (Fsp3) is 0.375. The molecule has 0 saturated heterocycles. The summed E-state index contributed by atoms with van der Waals surface area (Å²) in [5.41, 5.74) is 5.93. The Hall–Kier alpha value is -2.80. The summed E-state index contributed by atoms with van der Waals surface area (Å²) >= 11 is 1.37. The van der Waals surface area contributed by atoms with E-state index in [1.54, 1.807) is 0 Å². The van der Waals surface area contributed by atoms with Gasteiger partial charge in [0.05, 0.1) is 5.75 Å². The van der Waals surface area contributed by atoms with Crippen molar-refractivity contribution in [1.82, 2.24) is 14.8 Å². The summed E-state index contributed by atoms with van der Waals surface area (Å²) < 4.78 is 7.85. The molecule has 0 aliphatic heterocycles. The van der Waals surface area contributed by atoms with E-state index >= 15 is 0 Å². The van der Waals surface area contributed by atoms with E-state index in [0.29, 0.717) is 11.8 Å². The van der Waals surface area contributed by atoms with Gasteiger partial charge >= 0.3 is 0 Å². The molecular weight excluding hydrogens is 408 g/mol. The number of aryl methyl sites for hydroxylation is 3. The van der Waals surface area contributed by atoms with Crippen LogP contribution < -0.4 is 10.1 Å². The summed E-state index contributed by atoms with van der Waals surface area (Å²) in [5, 5.41) is 12.1. The van der Waals surface area contributed by atoms with Crippen LogP contribution in [0.25, 0.3) is 0 Å². The van der Waals surface area contributed by atoms with Gasteiger partial charge in [-0.15, -0.1) is 10.2 Å². The summed E-state index contributed by atoms with van der Waals surface area (Å²) in [7, 11) is 1.90. The fourth-order valence-electron chi connectivity index (χ4n) is 3.75. The van der Waals surface area contributed by atoms with E-state index in [1.807, 2.05) is 49.7 Å². The Bertz CT molecular complexity index is 1090. The van der Waals surface area contributed by atoms with Crippen LogP contribution >= 0.6 is 11.8 Å². The number of benzene rings is 2. The summed E-state index contributed by atoms with van der Waals surface area (Å²) in [6.07, 6.45) is 4.81. The Morgan fingerprint density at radius 1 is 1.13 bits per heavy atom. The first kappa shape index (κ1) is 21.4. The lowest BCUT2D eigenvalue weighted by Gasteiger charge is -2.16. The third-order valence-corrected chi connectivity index (χ3v) is 6.84.